The lowest BCUT2D eigenvalue weighted by Gasteiger charge is -2.27. The topological polar surface area (TPSA) is 98.4 Å². The van der Waals surface area contributed by atoms with Gasteiger partial charge in [0.1, 0.15) is 23.6 Å². The van der Waals surface area contributed by atoms with Crippen LogP contribution in [-0.2, 0) is 6.18 Å². The highest BCUT2D eigenvalue weighted by Crippen LogP contribution is 2.37. The molecule has 4 rings (SSSR count). The Morgan fingerprint density at radius 1 is 1.11 bits per heavy atom. The molecule has 3 N–H and O–H groups in total. The molecule has 1 saturated heterocycles. The van der Waals surface area contributed by atoms with E-state index >= 15 is 0 Å². The minimum absolute atomic E-state index is 0.0807. The van der Waals surface area contributed by atoms with Crippen LogP contribution in [0.5, 0.6) is 11.5 Å². The largest absolute Gasteiger partial charge is 0.493 e. The molecule has 3 aromatic rings. The number of pyridine rings is 1. The number of likely N-dealkylation sites (tertiary alicyclic amines) is 1. The SMILES string of the molecule is COc1cc2nc(C)nc(N[C@H](C)c3cc(C(F)(F)F)cc(N)n3)c2cc1O[C@@H](C)[C@@H]1CCCN1C. The number of nitrogens with zero attached hydrogens (tertiary/aromatic N) is 4. The summed E-state index contributed by atoms with van der Waals surface area (Å²) in [6.45, 7) is 6.50. The number of ether oxygens (including phenoxy) is 2. The summed E-state index contributed by atoms with van der Waals surface area (Å²) in [5.41, 5.74) is 5.57. The maximum atomic E-state index is 13.3. The van der Waals surface area contributed by atoms with E-state index in [0.717, 1.165) is 31.5 Å². The average molecular weight is 505 g/mol. The summed E-state index contributed by atoms with van der Waals surface area (Å²) in [6, 6.07) is 5.06. The third-order valence-electron chi connectivity index (χ3n) is 6.51. The summed E-state index contributed by atoms with van der Waals surface area (Å²) in [5, 5.41) is 3.84. The number of alkyl halides is 3. The van der Waals surface area contributed by atoms with Gasteiger partial charge in [0.25, 0.3) is 0 Å². The minimum atomic E-state index is -4.53. The number of hydrogen-bond acceptors (Lipinski definition) is 8. The van der Waals surface area contributed by atoms with Gasteiger partial charge in [0.15, 0.2) is 11.5 Å². The van der Waals surface area contributed by atoms with Crippen molar-refractivity contribution in [3.8, 4) is 11.5 Å². The first-order chi connectivity index (χ1) is 17.0. The summed E-state index contributed by atoms with van der Waals surface area (Å²) < 4.78 is 51.8. The van der Waals surface area contributed by atoms with E-state index < -0.39 is 17.8 Å². The summed E-state index contributed by atoms with van der Waals surface area (Å²) >= 11 is 0. The van der Waals surface area contributed by atoms with Gasteiger partial charge in [-0.25, -0.2) is 15.0 Å². The second kappa shape index (κ2) is 9.96. The van der Waals surface area contributed by atoms with Crippen molar-refractivity contribution >= 4 is 22.5 Å². The number of anilines is 2. The van der Waals surface area contributed by atoms with Gasteiger partial charge in [-0.1, -0.05) is 0 Å². The molecule has 1 aromatic carbocycles. The van der Waals surface area contributed by atoms with Crippen LogP contribution in [0.15, 0.2) is 24.3 Å². The van der Waals surface area contributed by atoms with E-state index in [4.69, 9.17) is 15.2 Å². The van der Waals surface area contributed by atoms with Gasteiger partial charge in [0.2, 0.25) is 0 Å². The minimum Gasteiger partial charge on any atom is -0.493 e. The maximum absolute atomic E-state index is 13.3. The predicted molar refractivity (Wildman–Crippen MR) is 132 cm³/mol. The average Bonchev–Trinajstić information content (AvgIpc) is 3.23. The standard InChI is InChI=1S/C25H31F3N6O2/c1-13(18-9-16(25(26,27)28)10-23(29)33-18)30-24-17-11-22(36-14(2)20-7-6-8-34(20)4)21(35-5)12-19(17)31-15(3)32-24/h9-14,20H,6-8H2,1-5H3,(H2,29,33)(H,30,31,32)/t13-,14+,20+/m1/s1. The molecule has 1 aliphatic rings. The molecule has 194 valence electrons. The molecular formula is C25H31F3N6O2. The molecule has 0 spiro atoms. The van der Waals surface area contributed by atoms with E-state index in [1.807, 2.05) is 13.0 Å². The van der Waals surface area contributed by atoms with Crippen LogP contribution in [0.2, 0.25) is 0 Å². The molecule has 3 atom stereocenters. The Balaban J connectivity index is 1.70. The highest BCUT2D eigenvalue weighted by atomic mass is 19.4. The Labute approximate surface area is 208 Å². The Morgan fingerprint density at radius 3 is 2.50 bits per heavy atom. The van der Waals surface area contributed by atoms with Gasteiger partial charge >= 0.3 is 6.18 Å². The van der Waals surface area contributed by atoms with E-state index in [9.17, 15) is 13.2 Å². The van der Waals surface area contributed by atoms with E-state index in [1.54, 1.807) is 27.0 Å². The van der Waals surface area contributed by atoms with Crippen molar-refractivity contribution < 1.29 is 22.6 Å². The third kappa shape index (κ3) is 5.40. The van der Waals surface area contributed by atoms with Crippen LogP contribution in [0.25, 0.3) is 10.9 Å². The fourth-order valence-electron chi connectivity index (χ4n) is 4.66. The van der Waals surface area contributed by atoms with Crippen LogP contribution >= 0.6 is 0 Å². The molecule has 2 aromatic heterocycles. The Morgan fingerprint density at radius 2 is 1.86 bits per heavy atom. The third-order valence-corrected chi connectivity index (χ3v) is 6.51. The number of nitrogen functional groups attached to an aromatic ring is 1. The van der Waals surface area contributed by atoms with Crippen molar-refractivity contribution in [1.29, 1.82) is 0 Å². The summed E-state index contributed by atoms with van der Waals surface area (Å²) in [5.74, 6) is 1.82. The van der Waals surface area contributed by atoms with Gasteiger partial charge in [-0.3, -0.25) is 4.90 Å². The number of benzene rings is 1. The fraction of sp³-hybridized carbons (Fsp3) is 0.480. The number of aromatic nitrogens is 3. The van der Waals surface area contributed by atoms with Crippen molar-refractivity contribution in [2.45, 2.75) is 58.0 Å². The quantitative estimate of drug-likeness (QED) is 0.465. The number of halogens is 3. The molecule has 0 aliphatic carbocycles. The fourth-order valence-corrected chi connectivity index (χ4v) is 4.66. The zero-order valence-electron chi connectivity index (χ0n) is 21.0. The first kappa shape index (κ1) is 25.7. The highest BCUT2D eigenvalue weighted by Gasteiger charge is 2.32. The van der Waals surface area contributed by atoms with Gasteiger partial charge in [-0.15, -0.1) is 0 Å². The van der Waals surface area contributed by atoms with E-state index in [0.29, 0.717) is 34.0 Å². The van der Waals surface area contributed by atoms with Crippen molar-refractivity contribution in [1.82, 2.24) is 19.9 Å². The van der Waals surface area contributed by atoms with Crippen LogP contribution < -0.4 is 20.5 Å². The first-order valence-corrected chi connectivity index (χ1v) is 11.8. The van der Waals surface area contributed by atoms with Crippen LogP contribution in [0.3, 0.4) is 0 Å². The summed E-state index contributed by atoms with van der Waals surface area (Å²) in [6.07, 6.45) is -2.44. The van der Waals surface area contributed by atoms with Gasteiger partial charge in [0.05, 0.1) is 29.9 Å². The molecule has 1 fully saturated rings. The van der Waals surface area contributed by atoms with Crippen LogP contribution in [0, 0.1) is 6.92 Å². The number of nitrogens with two attached hydrogens (primary N) is 1. The zero-order valence-corrected chi connectivity index (χ0v) is 21.0. The molecule has 8 nitrogen and oxygen atoms in total. The molecular weight excluding hydrogens is 473 g/mol. The van der Waals surface area contributed by atoms with Crippen LogP contribution in [-0.4, -0.2) is 52.7 Å². The first-order valence-electron chi connectivity index (χ1n) is 11.8. The molecule has 0 unspecified atom stereocenters. The lowest BCUT2D eigenvalue weighted by Crippen LogP contribution is -2.38. The monoisotopic (exact) mass is 504 g/mol. The highest BCUT2D eigenvalue weighted by molar-refractivity contribution is 5.92. The second-order valence-corrected chi connectivity index (χ2v) is 9.22. The van der Waals surface area contributed by atoms with E-state index in [-0.39, 0.29) is 23.7 Å². The number of hydrogen-bond donors (Lipinski definition) is 2. The molecule has 0 bridgehead atoms. The number of aryl methyl sites for hydroxylation is 1. The van der Waals surface area contributed by atoms with Crippen molar-refractivity contribution in [3.63, 3.8) is 0 Å². The van der Waals surface area contributed by atoms with Crippen molar-refractivity contribution in [2.75, 3.05) is 31.8 Å². The normalized spacial score (nSPS) is 18.3. The number of methoxy groups -OCH3 is 1. The molecule has 11 heteroatoms. The van der Waals surface area contributed by atoms with Gasteiger partial charge < -0.3 is 20.5 Å². The van der Waals surface area contributed by atoms with Gasteiger partial charge in [-0.2, -0.15) is 13.2 Å². The lowest BCUT2D eigenvalue weighted by molar-refractivity contribution is -0.137. The number of fused-ring (bicyclic) bond motifs is 1. The molecule has 0 radical (unpaired) electrons. The van der Waals surface area contributed by atoms with Crippen LogP contribution in [0.1, 0.15) is 49.8 Å². The van der Waals surface area contributed by atoms with Crippen LogP contribution in [0.4, 0.5) is 24.8 Å². The number of likely N-dealkylation sites (N-methyl/N-ethyl adjacent to an activating group) is 1. The predicted octanol–water partition coefficient (Wildman–Crippen LogP) is 4.98. The van der Waals surface area contributed by atoms with Gasteiger partial charge in [0, 0.05) is 17.5 Å². The van der Waals surface area contributed by atoms with Gasteiger partial charge in [-0.05, 0) is 65.4 Å². The molecule has 3 heterocycles. The summed E-state index contributed by atoms with van der Waals surface area (Å²) in [7, 11) is 3.66. The second-order valence-electron chi connectivity index (χ2n) is 9.22. The van der Waals surface area contributed by atoms with Crippen molar-refractivity contribution in [3.05, 3.63) is 41.3 Å². The van der Waals surface area contributed by atoms with E-state index in [1.165, 1.54) is 0 Å². The smallest absolute Gasteiger partial charge is 0.416 e. The molecule has 1 aliphatic heterocycles. The number of rotatable bonds is 7. The number of nitrogens with one attached hydrogen (secondary N) is 1. The Hall–Kier alpha value is -3.34. The maximum Gasteiger partial charge on any atom is 0.416 e. The van der Waals surface area contributed by atoms with E-state index in [2.05, 4.69) is 32.2 Å². The summed E-state index contributed by atoms with van der Waals surface area (Å²) in [4.78, 5) is 15.4. The Kier molecular flexibility index (Phi) is 7.12. The lowest BCUT2D eigenvalue weighted by atomic mass is 10.1. The zero-order chi connectivity index (χ0) is 26.2. The molecule has 0 saturated carbocycles. The molecule has 36 heavy (non-hydrogen) atoms. The Bertz CT molecular complexity index is 1250. The van der Waals surface area contributed by atoms with Crippen molar-refractivity contribution in [2.24, 2.45) is 0 Å². The molecule has 0 amide bonds.